The van der Waals surface area contributed by atoms with Gasteiger partial charge < -0.3 is 4.74 Å². The van der Waals surface area contributed by atoms with Gasteiger partial charge in [0.15, 0.2) is 0 Å². The molecule has 4 heteroatoms. The van der Waals surface area contributed by atoms with Gasteiger partial charge in [-0.25, -0.2) is 0 Å². The molecule has 1 aromatic rings. The van der Waals surface area contributed by atoms with Crippen molar-refractivity contribution in [2.24, 2.45) is 0 Å². The van der Waals surface area contributed by atoms with Gasteiger partial charge in [0.25, 0.3) is 5.69 Å². The van der Waals surface area contributed by atoms with E-state index in [1.807, 2.05) is 0 Å². The predicted molar refractivity (Wildman–Crippen MR) is 57.5 cm³/mol. The Morgan fingerprint density at radius 1 is 1.40 bits per heavy atom. The van der Waals surface area contributed by atoms with E-state index in [1.54, 1.807) is 18.7 Å². The third kappa shape index (κ3) is 3.97. The first-order valence-electron chi connectivity index (χ1n) is 4.97. The molecule has 0 unspecified atom stereocenters. The smallest absolute Gasteiger partial charge is 0.269 e. The van der Waals surface area contributed by atoms with Crippen LogP contribution in [0.25, 0.3) is 0 Å². The summed E-state index contributed by atoms with van der Waals surface area (Å²) in [6, 6.07) is 6.06. The summed E-state index contributed by atoms with van der Waals surface area (Å²) in [5.41, 5.74) is 0.0795. The van der Waals surface area contributed by atoms with Crippen LogP contribution in [0.4, 0.5) is 5.69 Å². The fraction of sp³-hybridized carbons (Fsp3) is 0.364. The monoisotopic (exact) mass is 208 g/mol. The fourth-order valence-electron chi connectivity index (χ4n) is 1.09. The highest BCUT2D eigenvalue weighted by Crippen LogP contribution is 2.18. The lowest BCUT2D eigenvalue weighted by atomic mass is 10.2. The van der Waals surface area contributed by atoms with E-state index < -0.39 is 4.92 Å². The minimum absolute atomic E-state index is 0.0795. The number of unbranched alkanes of at least 4 members (excludes halogenated alkanes) is 2. The second-order valence-electron chi connectivity index (χ2n) is 3.18. The van der Waals surface area contributed by atoms with E-state index in [4.69, 9.17) is 4.74 Å². The Bertz CT molecular complexity index is 308. The molecule has 4 nitrogen and oxygen atoms in total. The molecule has 0 saturated carbocycles. The minimum Gasteiger partial charge on any atom is -0.487 e. The van der Waals surface area contributed by atoms with Crippen LogP contribution in [-0.2, 0) is 0 Å². The van der Waals surface area contributed by atoms with E-state index in [9.17, 15) is 10.1 Å². The van der Waals surface area contributed by atoms with E-state index in [0.29, 0.717) is 5.75 Å². The van der Waals surface area contributed by atoms with Gasteiger partial charge in [0, 0.05) is 12.1 Å². The van der Waals surface area contributed by atoms with Gasteiger partial charge in [0.2, 0.25) is 0 Å². The maximum atomic E-state index is 10.4. The van der Waals surface area contributed by atoms with Crippen molar-refractivity contribution < 1.29 is 9.66 Å². The van der Waals surface area contributed by atoms with Gasteiger partial charge in [-0.3, -0.25) is 10.1 Å². The first kappa shape index (κ1) is 11.5. The van der Waals surface area contributed by atoms with Crippen LogP contribution in [0.2, 0.25) is 0 Å². The molecule has 0 aliphatic carbocycles. The first-order chi connectivity index (χ1) is 7.24. The van der Waals surface area contributed by atoms with Gasteiger partial charge >= 0.3 is 0 Å². The summed E-state index contributed by atoms with van der Waals surface area (Å²) in [4.78, 5) is 9.94. The molecule has 0 atom stereocenters. The summed E-state index contributed by atoms with van der Waals surface area (Å²) in [6.07, 6.45) is 3.11. The molecule has 0 spiro atoms. The van der Waals surface area contributed by atoms with E-state index in [-0.39, 0.29) is 5.69 Å². The van der Waals surface area contributed by atoms with E-state index >= 15 is 0 Å². The summed E-state index contributed by atoms with van der Waals surface area (Å²) in [5.74, 6) is 0.636. The molecule has 0 amide bonds. The molecule has 0 bridgehead atoms. The number of non-ortho nitro benzene ring substituents is 1. The normalized spacial score (nSPS) is 9.93. The van der Waals surface area contributed by atoms with Crippen LogP contribution < -0.4 is 4.74 Å². The van der Waals surface area contributed by atoms with Gasteiger partial charge in [-0.2, -0.15) is 0 Å². The summed E-state index contributed by atoms with van der Waals surface area (Å²) in [5, 5.41) is 10.4. The molecule has 15 heavy (non-hydrogen) atoms. The lowest BCUT2D eigenvalue weighted by molar-refractivity contribution is -0.384. The number of benzene rings is 1. The van der Waals surface area contributed by atoms with Gasteiger partial charge in [0.05, 0.1) is 4.92 Å². The molecular weight excluding hydrogens is 194 g/mol. The largest absolute Gasteiger partial charge is 0.487 e. The van der Waals surface area contributed by atoms with Crippen LogP contribution in [0, 0.1) is 16.7 Å². The van der Waals surface area contributed by atoms with Crippen LogP contribution in [0.1, 0.15) is 26.2 Å². The Kier molecular flexibility index (Phi) is 4.60. The minimum atomic E-state index is -0.426. The van der Waals surface area contributed by atoms with E-state index in [0.717, 1.165) is 19.3 Å². The van der Waals surface area contributed by atoms with Gasteiger partial charge in [0.1, 0.15) is 12.4 Å². The zero-order valence-corrected chi connectivity index (χ0v) is 8.68. The Balaban J connectivity index is 2.39. The molecule has 81 valence electrons. The van der Waals surface area contributed by atoms with Crippen molar-refractivity contribution in [2.75, 3.05) is 0 Å². The molecule has 0 aliphatic heterocycles. The van der Waals surface area contributed by atoms with Gasteiger partial charge in [-0.1, -0.05) is 13.3 Å². The molecular formula is C11H14NO3. The SMILES string of the molecule is CCCC[CH]Oc1ccc([N+](=O)[O-])cc1. The number of hydrogen-bond donors (Lipinski definition) is 0. The molecule has 0 heterocycles. The standard InChI is InChI=1S/C11H14NO3/c1-2-3-4-9-15-11-7-5-10(6-8-11)12(13)14/h5-9H,2-4H2,1H3. The quantitative estimate of drug-likeness (QED) is 0.409. The Labute approximate surface area is 89.0 Å². The first-order valence-corrected chi connectivity index (χ1v) is 4.97. The molecule has 0 aliphatic rings. The highest BCUT2D eigenvalue weighted by atomic mass is 16.6. The van der Waals surface area contributed by atoms with Crippen molar-refractivity contribution in [3.63, 3.8) is 0 Å². The Morgan fingerprint density at radius 3 is 2.60 bits per heavy atom. The fourth-order valence-corrected chi connectivity index (χ4v) is 1.09. The third-order valence-electron chi connectivity index (χ3n) is 1.94. The second-order valence-corrected chi connectivity index (χ2v) is 3.18. The molecule has 0 fully saturated rings. The average molecular weight is 208 g/mol. The topological polar surface area (TPSA) is 52.4 Å². The molecule has 0 aromatic heterocycles. The van der Waals surface area contributed by atoms with Crippen molar-refractivity contribution in [1.82, 2.24) is 0 Å². The van der Waals surface area contributed by atoms with Crippen LogP contribution in [0.3, 0.4) is 0 Å². The summed E-state index contributed by atoms with van der Waals surface area (Å²) < 4.78 is 5.30. The summed E-state index contributed by atoms with van der Waals surface area (Å²) >= 11 is 0. The zero-order valence-electron chi connectivity index (χ0n) is 8.68. The number of rotatable bonds is 6. The summed E-state index contributed by atoms with van der Waals surface area (Å²) in [6.45, 7) is 3.84. The Morgan fingerprint density at radius 2 is 2.07 bits per heavy atom. The van der Waals surface area contributed by atoms with Crippen LogP contribution >= 0.6 is 0 Å². The molecule has 0 N–H and O–H groups in total. The van der Waals surface area contributed by atoms with Crippen molar-refractivity contribution in [1.29, 1.82) is 0 Å². The lowest BCUT2D eigenvalue weighted by Crippen LogP contribution is -1.91. The number of hydrogen-bond acceptors (Lipinski definition) is 3. The van der Waals surface area contributed by atoms with Crippen molar-refractivity contribution in [3.05, 3.63) is 41.0 Å². The van der Waals surface area contributed by atoms with E-state index in [1.165, 1.54) is 12.1 Å². The molecule has 1 aromatic carbocycles. The molecule has 1 rings (SSSR count). The number of nitro benzene ring substituents is 1. The van der Waals surface area contributed by atoms with Crippen molar-refractivity contribution in [2.45, 2.75) is 26.2 Å². The third-order valence-corrected chi connectivity index (χ3v) is 1.94. The number of nitrogens with zero attached hydrogens (tertiary/aromatic N) is 1. The van der Waals surface area contributed by atoms with Gasteiger partial charge in [-0.15, -0.1) is 0 Å². The second kappa shape index (κ2) is 6.01. The zero-order chi connectivity index (χ0) is 11.1. The highest BCUT2D eigenvalue weighted by Gasteiger charge is 2.03. The predicted octanol–water partition coefficient (Wildman–Crippen LogP) is 3.33. The van der Waals surface area contributed by atoms with Crippen molar-refractivity contribution in [3.8, 4) is 5.75 Å². The van der Waals surface area contributed by atoms with Crippen LogP contribution in [0.15, 0.2) is 24.3 Å². The maximum Gasteiger partial charge on any atom is 0.269 e. The number of ether oxygens (including phenoxy) is 1. The molecule has 0 saturated heterocycles. The molecule has 1 radical (unpaired) electrons. The van der Waals surface area contributed by atoms with E-state index in [2.05, 4.69) is 6.92 Å². The van der Waals surface area contributed by atoms with Gasteiger partial charge in [-0.05, 0) is 25.0 Å². The summed E-state index contributed by atoms with van der Waals surface area (Å²) in [7, 11) is 0. The Hall–Kier alpha value is -1.58. The number of nitro groups is 1. The van der Waals surface area contributed by atoms with Crippen LogP contribution in [0.5, 0.6) is 5.75 Å². The highest BCUT2D eigenvalue weighted by molar-refractivity contribution is 5.36. The average Bonchev–Trinajstić information content (AvgIpc) is 2.25. The van der Waals surface area contributed by atoms with Crippen molar-refractivity contribution >= 4 is 5.69 Å². The maximum absolute atomic E-state index is 10.4. The lowest BCUT2D eigenvalue weighted by Gasteiger charge is -2.03. The van der Waals surface area contributed by atoms with Crippen LogP contribution in [-0.4, -0.2) is 4.92 Å².